The van der Waals surface area contributed by atoms with Gasteiger partial charge in [0, 0.05) is 5.92 Å². The molecule has 4 heteroatoms. The summed E-state index contributed by atoms with van der Waals surface area (Å²) in [4.78, 5) is 15.3. The monoisotopic (exact) mass is 181 g/mol. The van der Waals surface area contributed by atoms with Gasteiger partial charge in [0.1, 0.15) is 0 Å². The smallest absolute Gasteiger partial charge is 0.375 e. The van der Waals surface area contributed by atoms with Crippen molar-refractivity contribution in [2.75, 3.05) is 7.11 Å². The molecule has 0 unspecified atom stereocenters. The number of oxazole rings is 1. The summed E-state index contributed by atoms with van der Waals surface area (Å²) in [5.41, 5.74) is 0.619. The minimum atomic E-state index is -0.447. The van der Waals surface area contributed by atoms with Crippen molar-refractivity contribution in [1.82, 2.24) is 4.98 Å². The SMILES string of the molecule is COC(=O)c1oc(C2CC2)nc1C. The second-order valence-corrected chi connectivity index (χ2v) is 3.23. The summed E-state index contributed by atoms with van der Waals surface area (Å²) in [6.07, 6.45) is 2.22. The van der Waals surface area contributed by atoms with E-state index in [2.05, 4.69) is 9.72 Å². The molecule has 4 nitrogen and oxygen atoms in total. The molecule has 1 fully saturated rings. The predicted octanol–water partition coefficient (Wildman–Crippen LogP) is 1.65. The van der Waals surface area contributed by atoms with Crippen LogP contribution >= 0.6 is 0 Å². The Kier molecular flexibility index (Phi) is 1.83. The number of aromatic nitrogens is 1. The molecule has 0 radical (unpaired) electrons. The highest BCUT2D eigenvalue weighted by molar-refractivity contribution is 5.87. The Hall–Kier alpha value is -1.32. The third-order valence-electron chi connectivity index (χ3n) is 2.11. The van der Waals surface area contributed by atoms with Crippen molar-refractivity contribution in [3.63, 3.8) is 0 Å². The third-order valence-corrected chi connectivity index (χ3v) is 2.11. The van der Waals surface area contributed by atoms with Gasteiger partial charge in [0.05, 0.1) is 12.8 Å². The summed E-state index contributed by atoms with van der Waals surface area (Å²) in [7, 11) is 1.33. The van der Waals surface area contributed by atoms with Crippen molar-refractivity contribution in [1.29, 1.82) is 0 Å². The fraction of sp³-hybridized carbons (Fsp3) is 0.556. The van der Waals surface area contributed by atoms with Crippen LogP contribution in [0.5, 0.6) is 0 Å². The van der Waals surface area contributed by atoms with Gasteiger partial charge in [-0.2, -0.15) is 0 Å². The largest absolute Gasteiger partial charge is 0.463 e. The Bertz CT molecular complexity index is 339. The molecule has 1 aliphatic rings. The molecule has 0 aromatic carbocycles. The molecule has 0 amide bonds. The number of rotatable bonds is 2. The second-order valence-electron chi connectivity index (χ2n) is 3.23. The summed E-state index contributed by atoms with van der Waals surface area (Å²) >= 11 is 0. The van der Waals surface area contributed by atoms with Gasteiger partial charge in [0.15, 0.2) is 5.89 Å². The van der Waals surface area contributed by atoms with Gasteiger partial charge >= 0.3 is 5.97 Å². The van der Waals surface area contributed by atoms with Crippen LogP contribution in [0.4, 0.5) is 0 Å². The molecule has 0 atom stereocenters. The zero-order valence-corrected chi connectivity index (χ0v) is 7.66. The van der Waals surface area contributed by atoms with Gasteiger partial charge < -0.3 is 9.15 Å². The Morgan fingerprint density at radius 1 is 1.62 bits per heavy atom. The first-order chi connectivity index (χ1) is 6.22. The molecule has 1 aromatic rings. The zero-order chi connectivity index (χ0) is 9.42. The number of hydrogen-bond donors (Lipinski definition) is 0. The van der Waals surface area contributed by atoms with Crippen molar-refractivity contribution in [2.45, 2.75) is 25.7 Å². The molecular weight excluding hydrogens is 170 g/mol. The van der Waals surface area contributed by atoms with E-state index in [1.165, 1.54) is 7.11 Å². The maximum Gasteiger partial charge on any atom is 0.375 e. The van der Waals surface area contributed by atoms with Crippen LogP contribution in [0.3, 0.4) is 0 Å². The Labute approximate surface area is 75.9 Å². The lowest BCUT2D eigenvalue weighted by Crippen LogP contribution is -2.00. The molecule has 0 N–H and O–H groups in total. The Morgan fingerprint density at radius 2 is 2.31 bits per heavy atom. The standard InChI is InChI=1S/C9H11NO3/c1-5-7(9(11)12-2)13-8(10-5)6-3-4-6/h6H,3-4H2,1-2H3. The predicted molar refractivity (Wildman–Crippen MR) is 44.6 cm³/mol. The average molecular weight is 181 g/mol. The van der Waals surface area contributed by atoms with E-state index >= 15 is 0 Å². The van der Waals surface area contributed by atoms with Crippen LogP contribution in [-0.4, -0.2) is 18.1 Å². The molecule has 0 saturated heterocycles. The maximum absolute atomic E-state index is 11.1. The number of nitrogens with zero attached hydrogens (tertiary/aromatic N) is 1. The second kappa shape index (κ2) is 2.87. The first-order valence-corrected chi connectivity index (χ1v) is 4.28. The molecule has 1 heterocycles. The maximum atomic E-state index is 11.1. The molecule has 1 aromatic heterocycles. The number of esters is 1. The molecule has 1 aliphatic carbocycles. The van der Waals surface area contributed by atoms with Crippen molar-refractivity contribution >= 4 is 5.97 Å². The summed E-state index contributed by atoms with van der Waals surface area (Å²) in [5, 5.41) is 0. The molecular formula is C9H11NO3. The van der Waals surface area contributed by atoms with Crippen LogP contribution in [0.25, 0.3) is 0 Å². The lowest BCUT2D eigenvalue weighted by molar-refractivity contribution is 0.0562. The highest BCUT2D eigenvalue weighted by Crippen LogP contribution is 2.40. The lowest BCUT2D eigenvalue weighted by Gasteiger charge is -1.92. The van der Waals surface area contributed by atoms with E-state index in [0.717, 1.165) is 12.8 Å². The molecule has 70 valence electrons. The normalized spacial score (nSPS) is 15.8. The Morgan fingerprint density at radius 3 is 2.85 bits per heavy atom. The first-order valence-electron chi connectivity index (χ1n) is 4.28. The van der Waals surface area contributed by atoms with Gasteiger partial charge in [-0.3, -0.25) is 0 Å². The van der Waals surface area contributed by atoms with Gasteiger partial charge in [0.2, 0.25) is 5.76 Å². The molecule has 0 aliphatic heterocycles. The zero-order valence-electron chi connectivity index (χ0n) is 7.66. The van der Waals surface area contributed by atoms with Crippen molar-refractivity contribution < 1.29 is 13.9 Å². The van der Waals surface area contributed by atoms with Crippen LogP contribution < -0.4 is 0 Å². The molecule has 13 heavy (non-hydrogen) atoms. The average Bonchev–Trinajstić information content (AvgIpc) is 2.89. The number of ether oxygens (including phenoxy) is 1. The fourth-order valence-corrected chi connectivity index (χ4v) is 1.20. The summed E-state index contributed by atoms with van der Waals surface area (Å²) in [6, 6.07) is 0. The van der Waals surface area contributed by atoms with Gasteiger partial charge in [-0.25, -0.2) is 9.78 Å². The minimum Gasteiger partial charge on any atom is -0.463 e. The number of carbonyl (C=O) groups excluding carboxylic acids is 1. The van der Waals surface area contributed by atoms with E-state index in [4.69, 9.17) is 4.42 Å². The number of carbonyl (C=O) groups is 1. The van der Waals surface area contributed by atoms with E-state index in [1.807, 2.05) is 0 Å². The van der Waals surface area contributed by atoms with E-state index in [-0.39, 0.29) is 5.76 Å². The number of methoxy groups -OCH3 is 1. The summed E-state index contributed by atoms with van der Waals surface area (Å²) in [5.74, 6) is 0.899. The minimum absolute atomic E-state index is 0.240. The van der Waals surface area contributed by atoms with Gasteiger partial charge in [-0.15, -0.1) is 0 Å². The van der Waals surface area contributed by atoms with E-state index in [9.17, 15) is 4.79 Å². The molecule has 1 saturated carbocycles. The fourth-order valence-electron chi connectivity index (χ4n) is 1.20. The highest BCUT2D eigenvalue weighted by Gasteiger charge is 2.30. The summed E-state index contributed by atoms with van der Waals surface area (Å²) in [6.45, 7) is 1.75. The van der Waals surface area contributed by atoms with Crippen LogP contribution in [0.15, 0.2) is 4.42 Å². The van der Waals surface area contributed by atoms with Gasteiger partial charge in [0.25, 0.3) is 0 Å². The van der Waals surface area contributed by atoms with Crippen LogP contribution in [0, 0.1) is 6.92 Å². The van der Waals surface area contributed by atoms with E-state index < -0.39 is 5.97 Å². The first kappa shape index (κ1) is 8.29. The topological polar surface area (TPSA) is 52.3 Å². The third kappa shape index (κ3) is 1.43. The lowest BCUT2D eigenvalue weighted by atomic mass is 10.4. The van der Waals surface area contributed by atoms with Crippen molar-refractivity contribution in [3.05, 3.63) is 17.3 Å². The van der Waals surface area contributed by atoms with Gasteiger partial charge in [-0.1, -0.05) is 0 Å². The van der Waals surface area contributed by atoms with E-state index in [1.54, 1.807) is 6.92 Å². The summed E-state index contributed by atoms with van der Waals surface area (Å²) < 4.78 is 9.86. The molecule has 0 bridgehead atoms. The molecule has 0 spiro atoms. The quantitative estimate of drug-likeness (QED) is 0.651. The van der Waals surface area contributed by atoms with Crippen molar-refractivity contribution in [2.24, 2.45) is 0 Å². The van der Waals surface area contributed by atoms with Crippen LogP contribution in [0.1, 0.15) is 40.9 Å². The van der Waals surface area contributed by atoms with Crippen LogP contribution in [-0.2, 0) is 4.74 Å². The highest BCUT2D eigenvalue weighted by atomic mass is 16.5. The van der Waals surface area contributed by atoms with Gasteiger partial charge in [-0.05, 0) is 19.8 Å². The molecule has 2 rings (SSSR count). The van der Waals surface area contributed by atoms with E-state index in [0.29, 0.717) is 17.5 Å². The van der Waals surface area contributed by atoms with Crippen molar-refractivity contribution in [3.8, 4) is 0 Å². The number of hydrogen-bond acceptors (Lipinski definition) is 4. The van der Waals surface area contributed by atoms with Crippen LogP contribution in [0.2, 0.25) is 0 Å². The Balaban J connectivity index is 2.29. The number of aryl methyl sites for hydroxylation is 1.